The molecule has 4 nitrogen and oxygen atoms in total. The van der Waals surface area contributed by atoms with Crippen LogP contribution < -0.4 is 5.32 Å². The maximum absolute atomic E-state index is 13.0. The lowest BCUT2D eigenvalue weighted by Gasteiger charge is -2.11. The molecule has 2 aromatic heterocycles. The summed E-state index contributed by atoms with van der Waals surface area (Å²) in [5.41, 5.74) is 5.18. The fourth-order valence-electron chi connectivity index (χ4n) is 2.89. The first-order chi connectivity index (χ1) is 11.7. The van der Waals surface area contributed by atoms with Gasteiger partial charge in [-0.1, -0.05) is 17.7 Å². The summed E-state index contributed by atoms with van der Waals surface area (Å²) in [6.45, 7) is 2.15. The highest BCUT2D eigenvalue weighted by Crippen LogP contribution is 2.28. The molecule has 0 amide bonds. The summed E-state index contributed by atoms with van der Waals surface area (Å²) >= 11 is 0. The zero-order valence-electron chi connectivity index (χ0n) is 13.3. The van der Waals surface area contributed by atoms with Crippen LogP contribution >= 0.6 is 0 Å². The molecule has 0 aliphatic heterocycles. The Hall–Kier alpha value is -2.95. The van der Waals surface area contributed by atoms with E-state index in [9.17, 15) is 4.39 Å². The normalized spacial score (nSPS) is 14.4. The van der Waals surface area contributed by atoms with E-state index in [4.69, 9.17) is 0 Å². The number of rotatable bonds is 3. The van der Waals surface area contributed by atoms with Crippen molar-refractivity contribution in [2.24, 2.45) is 0 Å². The molecule has 0 saturated heterocycles. The van der Waals surface area contributed by atoms with Crippen LogP contribution in [0.4, 0.5) is 16.0 Å². The van der Waals surface area contributed by atoms with Crippen LogP contribution in [-0.4, -0.2) is 14.6 Å². The minimum Gasteiger partial charge on any atom is -0.323 e. The Morgan fingerprint density at radius 1 is 1.17 bits per heavy atom. The van der Waals surface area contributed by atoms with E-state index in [1.54, 1.807) is 16.6 Å². The molecule has 3 aromatic rings. The van der Waals surface area contributed by atoms with Crippen molar-refractivity contribution in [3.63, 3.8) is 0 Å². The highest BCUT2D eigenvalue weighted by atomic mass is 19.1. The van der Waals surface area contributed by atoms with Gasteiger partial charge in [0, 0.05) is 17.4 Å². The van der Waals surface area contributed by atoms with Gasteiger partial charge in [0.25, 0.3) is 0 Å². The van der Waals surface area contributed by atoms with Crippen molar-refractivity contribution in [3.05, 3.63) is 71.7 Å². The number of fused-ring (bicyclic) bond motifs is 1. The summed E-state index contributed by atoms with van der Waals surface area (Å²) in [4.78, 5) is 4.61. The fourth-order valence-corrected chi connectivity index (χ4v) is 2.89. The van der Waals surface area contributed by atoms with Crippen molar-refractivity contribution in [2.45, 2.75) is 19.8 Å². The molecular formula is C19H17FN4. The quantitative estimate of drug-likeness (QED) is 0.758. The van der Waals surface area contributed by atoms with Gasteiger partial charge in [-0.25, -0.2) is 8.91 Å². The molecule has 4 rings (SSSR count). The topological polar surface area (TPSA) is 42.2 Å². The Kier molecular flexibility index (Phi) is 3.61. The van der Waals surface area contributed by atoms with E-state index in [1.165, 1.54) is 23.3 Å². The lowest BCUT2D eigenvalue weighted by atomic mass is 9.96. The zero-order valence-corrected chi connectivity index (χ0v) is 13.3. The Labute approximate surface area is 139 Å². The minimum absolute atomic E-state index is 0.266. The molecule has 0 atom stereocenters. The summed E-state index contributed by atoms with van der Waals surface area (Å²) < 4.78 is 14.8. The van der Waals surface area contributed by atoms with Gasteiger partial charge >= 0.3 is 0 Å². The molecule has 5 heteroatoms. The van der Waals surface area contributed by atoms with E-state index in [0.717, 1.165) is 29.7 Å². The van der Waals surface area contributed by atoms with Crippen LogP contribution in [0.25, 0.3) is 11.2 Å². The lowest BCUT2D eigenvalue weighted by molar-refractivity contribution is 0.628. The maximum atomic E-state index is 13.0. The molecule has 1 N–H and O–H groups in total. The smallest absolute Gasteiger partial charge is 0.247 e. The first-order valence-electron chi connectivity index (χ1n) is 7.95. The molecule has 0 spiro atoms. The summed E-state index contributed by atoms with van der Waals surface area (Å²) in [6, 6.07) is 10.2. The SMILES string of the molecule is CC1=CC(c2cccn3nc(Nc4ccc(F)cc4)nc23)=CCC1. The average Bonchev–Trinajstić information content (AvgIpc) is 2.99. The van der Waals surface area contributed by atoms with Gasteiger partial charge in [-0.2, -0.15) is 4.98 Å². The minimum atomic E-state index is -0.266. The van der Waals surface area contributed by atoms with Gasteiger partial charge in [-0.15, -0.1) is 5.10 Å². The third kappa shape index (κ3) is 2.80. The predicted molar refractivity (Wildman–Crippen MR) is 93.6 cm³/mol. The van der Waals surface area contributed by atoms with Gasteiger partial charge in [0.05, 0.1) is 0 Å². The molecule has 120 valence electrons. The second-order valence-corrected chi connectivity index (χ2v) is 5.95. The molecule has 0 radical (unpaired) electrons. The Bertz CT molecular complexity index is 951. The largest absolute Gasteiger partial charge is 0.323 e. The number of benzene rings is 1. The van der Waals surface area contributed by atoms with Crippen molar-refractivity contribution >= 4 is 22.9 Å². The zero-order chi connectivity index (χ0) is 16.5. The van der Waals surface area contributed by atoms with Crippen molar-refractivity contribution in [1.29, 1.82) is 0 Å². The van der Waals surface area contributed by atoms with Gasteiger partial charge in [0.1, 0.15) is 5.82 Å². The average molecular weight is 320 g/mol. The van der Waals surface area contributed by atoms with Crippen LogP contribution in [0.2, 0.25) is 0 Å². The number of aromatic nitrogens is 3. The van der Waals surface area contributed by atoms with Crippen molar-refractivity contribution < 1.29 is 4.39 Å². The molecule has 0 fully saturated rings. The Morgan fingerprint density at radius 2 is 2.00 bits per heavy atom. The van der Waals surface area contributed by atoms with E-state index in [2.05, 4.69) is 40.5 Å². The van der Waals surface area contributed by atoms with E-state index < -0.39 is 0 Å². The van der Waals surface area contributed by atoms with E-state index in [1.807, 2.05) is 12.3 Å². The molecule has 0 bridgehead atoms. The van der Waals surface area contributed by atoms with Crippen LogP contribution in [-0.2, 0) is 0 Å². The molecular weight excluding hydrogens is 303 g/mol. The summed E-state index contributed by atoms with van der Waals surface area (Å²) in [7, 11) is 0. The fraction of sp³-hybridized carbons (Fsp3) is 0.158. The van der Waals surface area contributed by atoms with Gasteiger partial charge < -0.3 is 5.32 Å². The first kappa shape index (κ1) is 14.6. The van der Waals surface area contributed by atoms with Gasteiger partial charge in [0.2, 0.25) is 5.95 Å². The number of nitrogens with zero attached hydrogens (tertiary/aromatic N) is 3. The molecule has 0 saturated carbocycles. The van der Waals surface area contributed by atoms with E-state index >= 15 is 0 Å². The number of pyridine rings is 1. The Morgan fingerprint density at radius 3 is 2.79 bits per heavy atom. The highest BCUT2D eigenvalue weighted by molar-refractivity contribution is 5.83. The van der Waals surface area contributed by atoms with Crippen LogP contribution in [0.3, 0.4) is 0 Å². The maximum Gasteiger partial charge on any atom is 0.247 e. The van der Waals surface area contributed by atoms with Crippen LogP contribution in [0, 0.1) is 5.82 Å². The highest BCUT2D eigenvalue weighted by Gasteiger charge is 2.12. The second kappa shape index (κ2) is 5.92. The number of allylic oxidation sites excluding steroid dienone is 4. The van der Waals surface area contributed by atoms with E-state index in [0.29, 0.717) is 5.95 Å². The molecule has 1 aliphatic carbocycles. The monoisotopic (exact) mass is 320 g/mol. The van der Waals surface area contributed by atoms with E-state index in [-0.39, 0.29) is 5.82 Å². The standard InChI is InChI=1S/C19H17FN4/c1-13-4-2-5-14(12-13)17-6-3-11-24-18(17)22-19(23-24)21-16-9-7-15(20)8-10-16/h3,5-12H,2,4H2,1H3,(H,21,23). The van der Waals surface area contributed by atoms with Crippen LogP contribution in [0.1, 0.15) is 25.3 Å². The van der Waals surface area contributed by atoms with Crippen LogP contribution in [0.15, 0.2) is 60.3 Å². The van der Waals surface area contributed by atoms with Gasteiger partial charge in [-0.05, 0) is 61.7 Å². The number of hydrogen-bond acceptors (Lipinski definition) is 3. The molecule has 2 heterocycles. The molecule has 1 aliphatic rings. The predicted octanol–water partition coefficient (Wildman–Crippen LogP) is 4.74. The summed E-state index contributed by atoms with van der Waals surface area (Å²) in [5, 5.41) is 7.57. The number of nitrogens with one attached hydrogen (secondary N) is 1. The van der Waals surface area contributed by atoms with Crippen molar-refractivity contribution in [3.8, 4) is 0 Å². The third-order valence-electron chi connectivity index (χ3n) is 4.08. The van der Waals surface area contributed by atoms with Gasteiger partial charge in [0.15, 0.2) is 5.65 Å². The second-order valence-electron chi connectivity index (χ2n) is 5.95. The number of hydrogen-bond donors (Lipinski definition) is 1. The Balaban J connectivity index is 1.72. The first-order valence-corrected chi connectivity index (χ1v) is 7.95. The van der Waals surface area contributed by atoms with Crippen LogP contribution in [0.5, 0.6) is 0 Å². The number of halogens is 1. The summed E-state index contributed by atoms with van der Waals surface area (Å²) in [5.74, 6) is 0.225. The van der Waals surface area contributed by atoms with Crippen molar-refractivity contribution in [2.75, 3.05) is 5.32 Å². The van der Waals surface area contributed by atoms with Gasteiger partial charge in [-0.3, -0.25) is 0 Å². The third-order valence-corrected chi connectivity index (χ3v) is 4.08. The van der Waals surface area contributed by atoms with Crippen molar-refractivity contribution in [1.82, 2.24) is 14.6 Å². The molecule has 0 unspecified atom stereocenters. The lowest BCUT2D eigenvalue weighted by Crippen LogP contribution is -1.95. The number of anilines is 2. The molecule has 1 aromatic carbocycles. The molecule has 24 heavy (non-hydrogen) atoms. The summed E-state index contributed by atoms with van der Waals surface area (Å²) in [6.07, 6.45) is 8.48.